The minimum absolute atomic E-state index is 0.196. The summed E-state index contributed by atoms with van der Waals surface area (Å²) in [6.45, 7) is 1.90. The summed E-state index contributed by atoms with van der Waals surface area (Å²) in [6.07, 6.45) is 1.85. The lowest BCUT2D eigenvalue weighted by Crippen LogP contribution is -2.17. The second-order valence-corrected chi connectivity index (χ2v) is 3.18. The van der Waals surface area contributed by atoms with E-state index in [0.717, 1.165) is 5.56 Å². The molecule has 0 radical (unpaired) electrons. The molecule has 0 fully saturated rings. The predicted molar refractivity (Wildman–Crippen MR) is 53.9 cm³/mol. The van der Waals surface area contributed by atoms with Crippen molar-refractivity contribution in [2.75, 3.05) is 5.43 Å². The average molecular weight is 193 g/mol. The number of hydrogen-bond acceptors (Lipinski definition) is 4. The molecule has 0 bridgehead atoms. The molecule has 6 nitrogen and oxygen atoms in total. The van der Waals surface area contributed by atoms with Crippen LogP contribution in [0.3, 0.4) is 0 Å². The maximum absolute atomic E-state index is 11.6. The minimum Gasteiger partial charge on any atom is -0.344 e. The Morgan fingerprint density at radius 1 is 1.64 bits per heavy atom. The second kappa shape index (κ2) is 2.85. The van der Waals surface area contributed by atoms with Gasteiger partial charge in [0, 0.05) is 13.2 Å². The van der Waals surface area contributed by atoms with Crippen LogP contribution in [0.5, 0.6) is 0 Å². The molecule has 2 aromatic rings. The molecule has 4 N–H and O–H groups in total. The molecule has 14 heavy (non-hydrogen) atoms. The van der Waals surface area contributed by atoms with Crippen molar-refractivity contribution in [1.82, 2.24) is 14.5 Å². The monoisotopic (exact) mass is 193 g/mol. The van der Waals surface area contributed by atoms with Crippen molar-refractivity contribution in [3.63, 3.8) is 0 Å². The summed E-state index contributed by atoms with van der Waals surface area (Å²) in [6, 6.07) is 0. The van der Waals surface area contributed by atoms with E-state index in [-0.39, 0.29) is 11.5 Å². The molecule has 2 heterocycles. The van der Waals surface area contributed by atoms with Gasteiger partial charge in [-0.05, 0) is 12.5 Å². The van der Waals surface area contributed by atoms with Gasteiger partial charge in [-0.3, -0.25) is 15.2 Å². The van der Waals surface area contributed by atoms with Crippen LogP contribution in [0.4, 0.5) is 5.95 Å². The highest BCUT2D eigenvalue weighted by Gasteiger charge is 2.09. The van der Waals surface area contributed by atoms with Crippen molar-refractivity contribution >= 4 is 17.0 Å². The summed E-state index contributed by atoms with van der Waals surface area (Å²) >= 11 is 0. The molecule has 74 valence electrons. The van der Waals surface area contributed by atoms with Gasteiger partial charge >= 0.3 is 0 Å². The lowest BCUT2D eigenvalue weighted by atomic mass is 10.3. The Kier molecular flexibility index (Phi) is 1.78. The Balaban J connectivity index is 2.93. The van der Waals surface area contributed by atoms with Crippen molar-refractivity contribution in [2.24, 2.45) is 12.9 Å². The molecule has 0 atom stereocenters. The molecule has 0 saturated heterocycles. The van der Waals surface area contributed by atoms with E-state index in [1.807, 2.05) is 20.2 Å². The number of aromatic nitrogens is 3. The third kappa shape index (κ3) is 1.08. The first kappa shape index (κ1) is 8.76. The highest BCUT2D eigenvalue weighted by Crippen LogP contribution is 2.14. The number of anilines is 1. The fourth-order valence-corrected chi connectivity index (χ4v) is 1.55. The number of nitrogen functional groups attached to an aromatic ring is 1. The Bertz CT molecular complexity index is 538. The number of nitrogens with zero attached hydrogens (tertiary/aromatic N) is 2. The fourth-order valence-electron chi connectivity index (χ4n) is 1.55. The van der Waals surface area contributed by atoms with Gasteiger partial charge in [-0.15, -0.1) is 0 Å². The first-order valence-electron chi connectivity index (χ1n) is 4.16. The van der Waals surface area contributed by atoms with E-state index in [9.17, 15) is 4.79 Å². The van der Waals surface area contributed by atoms with E-state index in [2.05, 4.69) is 15.4 Å². The lowest BCUT2D eigenvalue weighted by molar-refractivity contribution is 0.950. The van der Waals surface area contributed by atoms with Crippen LogP contribution in [-0.4, -0.2) is 14.5 Å². The molecule has 2 rings (SSSR count). The molecule has 0 unspecified atom stereocenters. The molecule has 0 amide bonds. The number of H-pyrrole nitrogens is 1. The minimum atomic E-state index is -0.196. The quantitative estimate of drug-likeness (QED) is 0.434. The number of aromatic amines is 1. The number of hydrogen-bond donors (Lipinski definition) is 3. The standard InChI is InChI=1S/C8H11N5O/c1-4-3-13(2)6-5(4)10-8(12-9)11-7(6)14/h3H,9H2,1-2H3,(H2,10,11,12,14). The molecule has 2 aromatic heterocycles. The van der Waals surface area contributed by atoms with Crippen LogP contribution >= 0.6 is 0 Å². The SMILES string of the molecule is Cc1cn(C)c2c(=O)[nH]c(NN)nc12. The highest BCUT2D eigenvalue weighted by atomic mass is 16.1. The third-order valence-electron chi connectivity index (χ3n) is 2.15. The maximum Gasteiger partial charge on any atom is 0.276 e. The first-order chi connectivity index (χ1) is 6.63. The molecule has 0 saturated carbocycles. The average Bonchev–Trinajstić information content (AvgIpc) is 2.42. The zero-order valence-corrected chi connectivity index (χ0v) is 7.96. The van der Waals surface area contributed by atoms with Crippen molar-refractivity contribution in [1.29, 1.82) is 0 Å². The van der Waals surface area contributed by atoms with Gasteiger partial charge in [-0.1, -0.05) is 0 Å². The van der Waals surface area contributed by atoms with Crippen LogP contribution < -0.4 is 16.8 Å². The zero-order valence-electron chi connectivity index (χ0n) is 7.96. The Morgan fingerprint density at radius 3 is 3.00 bits per heavy atom. The third-order valence-corrected chi connectivity index (χ3v) is 2.15. The molecular weight excluding hydrogens is 182 g/mol. The van der Waals surface area contributed by atoms with Crippen LogP contribution in [0.25, 0.3) is 11.0 Å². The van der Waals surface area contributed by atoms with Crippen molar-refractivity contribution in [3.05, 3.63) is 22.1 Å². The summed E-state index contributed by atoms with van der Waals surface area (Å²) in [7, 11) is 1.81. The van der Waals surface area contributed by atoms with Crippen molar-refractivity contribution in [3.8, 4) is 0 Å². The smallest absolute Gasteiger partial charge is 0.276 e. The Hall–Kier alpha value is -1.82. The topological polar surface area (TPSA) is 88.7 Å². The van der Waals surface area contributed by atoms with Crippen LogP contribution in [-0.2, 0) is 7.05 Å². The number of hydrazine groups is 1. The molecule has 0 aliphatic rings. The zero-order chi connectivity index (χ0) is 10.3. The van der Waals surface area contributed by atoms with Gasteiger partial charge in [0.25, 0.3) is 5.56 Å². The van der Waals surface area contributed by atoms with Crippen molar-refractivity contribution < 1.29 is 0 Å². The molecule has 0 aliphatic heterocycles. The molecular formula is C8H11N5O. The van der Waals surface area contributed by atoms with Crippen LogP contribution in [0, 0.1) is 6.92 Å². The van der Waals surface area contributed by atoms with Crippen LogP contribution in [0.2, 0.25) is 0 Å². The molecule has 0 spiro atoms. The first-order valence-corrected chi connectivity index (χ1v) is 4.16. The van der Waals surface area contributed by atoms with Gasteiger partial charge in [0.2, 0.25) is 5.95 Å². The lowest BCUT2D eigenvalue weighted by Gasteiger charge is -1.99. The number of nitrogens with one attached hydrogen (secondary N) is 2. The van der Waals surface area contributed by atoms with Gasteiger partial charge in [-0.25, -0.2) is 10.8 Å². The Morgan fingerprint density at radius 2 is 2.36 bits per heavy atom. The fraction of sp³-hybridized carbons (Fsp3) is 0.250. The normalized spacial score (nSPS) is 10.8. The number of aryl methyl sites for hydroxylation is 2. The highest BCUT2D eigenvalue weighted by molar-refractivity contribution is 5.79. The summed E-state index contributed by atoms with van der Waals surface area (Å²) in [4.78, 5) is 18.3. The van der Waals surface area contributed by atoms with Gasteiger partial charge in [0.05, 0.1) is 0 Å². The van der Waals surface area contributed by atoms with Gasteiger partial charge in [0.1, 0.15) is 11.0 Å². The Labute approximate surface area is 79.7 Å². The number of nitrogens with two attached hydrogens (primary N) is 1. The molecule has 6 heteroatoms. The molecule has 0 aliphatic carbocycles. The van der Waals surface area contributed by atoms with Crippen LogP contribution in [0.15, 0.2) is 11.0 Å². The van der Waals surface area contributed by atoms with E-state index >= 15 is 0 Å². The van der Waals surface area contributed by atoms with Gasteiger partial charge in [-0.2, -0.15) is 0 Å². The van der Waals surface area contributed by atoms with E-state index < -0.39 is 0 Å². The predicted octanol–water partition coefficient (Wildman–Crippen LogP) is -0.144. The number of rotatable bonds is 1. The molecule has 0 aromatic carbocycles. The second-order valence-electron chi connectivity index (χ2n) is 3.18. The maximum atomic E-state index is 11.6. The van der Waals surface area contributed by atoms with E-state index in [1.165, 1.54) is 0 Å². The van der Waals surface area contributed by atoms with E-state index in [4.69, 9.17) is 5.84 Å². The summed E-state index contributed by atoms with van der Waals surface area (Å²) in [5.74, 6) is 5.45. The summed E-state index contributed by atoms with van der Waals surface area (Å²) in [5, 5.41) is 0. The van der Waals surface area contributed by atoms with Crippen LogP contribution in [0.1, 0.15) is 5.56 Å². The summed E-state index contributed by atoms with van der Waals surface area (Å²) in [5.41, 5.74) is 4.30. The van der Waals surface area contributed by atoms with Crippen molar-refractivity contribution in [2.45, 2.75) is 6.92 Å². The van der Waals surface area contributed by atoms with E-state index in [1.54, 1.807) is 4.57 Å². The van der Waals surface area contributed by atoms with E-state index in [0.29, 0.717) is 11.0 Å². The van der Waals surface area contributed by atoms with Gasteiger partial charge in [0.15, 0.2) is 0 Å². The van der Waals surface area contributed by atoms with Gasteiger partial charge < -0.3 is 4.57 Å². The summed E-state index contributed by atoms with van der Waals surface area (Å²) < 4.78 is 1.75. The largest absolute Gasteiger partial charge is 0.344 e. The number of fused-ring (bicyclic) bond motifs is 1.